The van der Waals surface area contributed by atoms with Gasteiger partial charge in [0, 0.05) is 25.2 Å². The molecule has 0 spiro atoms. The van der Waals surface area contributed by atoms with E-state index < -0.39 is 0 Å². The van der Waals surface area contributed by atoms with E-state index in [0.29, 0.717) is 6.04 Å². The zero-order chi connectivity index (χ0) is 13.0. The van der Waals surface area contributed by atoms with Crippen LogP contribution in [0.1, 0.15) is 44.2 Å². The fourth-order valence-corrected chi connectivity index (χ4v) is 3.64. The zero-order valence-electron chi connectivity index (χ0n) is 11.3. The van der Waals surface area contributed by atoms with Gasteiger partial charge >= 0.3 is 0 Å². The lowest BCUT2D eigenvalue weighted by atomic mass is 10.2. The van der Waals surface area contributed by atoms with E-state index >= 15 is 0 Å². The van der Waals surface area contributed by atoms with Crippen molar-refractivity contribution in [1.82, 2.24) is 10.2 Å². The van der Waals surface area contributed by atoms with Crippen molar-refractivity contribution in [3.05, 3.63) is 21.3 Å². The van der Waals surface area contributed by atoms with E-state index in [4.69, 9.17) is 11.6 Å². The molecule has 0 radical (unpaired) electrons. The predicted octanol–water partition coefficient (Wildman–Crippen LogP) is 3.93. The Morgan fingerprint density at radius 3 is 2.83 bits per heavy atom. The normalized spacial score (nSPS) is 18.7. The van der Waals surface area contributed by atoms with Crippen LogP contribution >= 0.6 is 22.9 Å². The molecule has 4 heteroatoms. The molecule has 0 amide bonds. The van der Waals surface area contributed by atoms with Gasteiger partial charge in [0.05, 0.1) is 4.34 Å². The van der Waals surface area contributed by atoms with Gasteiger partial charge in [0.15, 0.2) is 0 Å². The molecule has 2 rings (SSSR count). The standard InChI is InChI=1S/C14H23ClN2S/c1-11(12-9-14(15)18-10-12)16-7-8-17(2)13-5-3-4-6-13/h9-11,13,16H,3-8H2,1-2H3. The van der Waals surface area contributed by atoms with Crippen LogP contribution < -0.4 is 5.32 Å². The highest BCUT2D eigenvalue weighted by Gasteiger charge is 2.19. The summed E-state index contributed by atoms with van der Waals surface area (Å²) in [6.07, 6.45) is 5.58. The highest BCUT2D eigenvalue weighted by Crippen LogP contribution is 2.25. The van der Waals surface area contributed by atoms with Crippen LogP contribution in [0.25, 0.3) is 0 Å². The minimum absolute atomic E-state index is 0.394. The van der Waals surface area contributed by atoms with Crippen molar-refractivity contribution in [2.45, 2.75) is 44.7 Å². The van der Waals surface area contributed by atoms with Gasteiger partial charge in [-0.1, -0.05) is 24.4 Å². The third kappa shape index (κ3) is 3.95. The molecule has 1 heterocycles. The Labute approximate surface area is 119 Å². The molecule has 1 aromatic heterocycles. The van der Waals surface area contributed by atoms with Crippen molar-refractivity contribution in [2.24, 2.45) is 0 Å². The maximum atomic E-state index is 5.96. The van der Waals surface area contributed by atoms with Gasteiger partial charge in [-0.2, -0.15) is 0 Å². The Hall–Kier alpha value is -0.0900. The monoisotopic (exact) mass is 286 g/mol. The van der Waals surface area contributed by atoms with E-state index in [1.807, 2.05) is 0 Å². The molecule has 1 fully saturated rings. The smallest absolute Gasteiger partial charge is 0.0931 e. The van der Waals surface area contributed by atoms with E-state index in [1.165, 1.54) is 31.2 Å². The predicted molar refractivity (Wildman–Crippen MR) is 80.6 cm³/mol. The molecule has 1 N–H and O–H groups in total. The minimum atomic E-state index is 0.394. The van der Waals surface area contributed by atoms with Crippen LogP contribution in [0.15, 0.2) is 11.4 Å². The van der Waals surface area contributed by atoms with E-state index in [-0.39, 0.29) is 0 Å². The number of thiophene rings is 1. The van der Waals surface area contributed by atoms with Gasteiger partial charge < -0.3 is 10.2 Å². The molecular weight excluding hydrogens is 264 g/mol. The van der Waals surface area contributed by atoms with Gasteiger partial charge in [0.1, 0.15) is 0 Å². The summed E-state index contributed by atoms with van der Waals surface area (Å²) in [4.78, 5) is 2.51. The molecule has 0 aromatic carbocycles. The Bertz CT molecular complexity index is 360. The average Bonchev–Trinajstić information content (AvgIpc) is 2.99. The first-order valence-electron chi connectivity index (χ1n) is 6.84. The highest BCUT2D eigenvalue weighted by atomic mass is 35.5. The van der Waals surface area contributed by atoms with Gasteiger partial charge in [-0.15, -0.1) is 11.3 Å². The van der Waals surface area contributed by atoms with Gasteiger partial charge in [0.2, 0.25) is 0 Å². The quantitative estimate of drug-likeness (QED) is 0.852. The van der Waals surface area contributed by atoms with Crippen LogP contribution in [0.4, 0.5) is 0 Å². The molecule has 1 aromatic rings. The summed E-state index contributed by atoms with van der Waals surface area (Å²) in [7, 11) is 2.25. The van der Waals surface area contributed by atoms with Crippen LogP contribution in [-0.4, -0.2) is 31.1 Å². The van der Waals surface area contributed by atoms with Crippen molar-refractivity contribution in [3.8, 4) is 0 Å². The van der Waals surface area contributed by atoms with E-state index in [0.717, 1.165) is 23.5 Å². The molecule has 18 heavy (non-hydrogen) atoms. The van der Waals surface area contributed by atoms with Crippen molar-refractivity contribution < 1.29 is 0 Å². The molecule has 0 saturated heterocycles. The lowest BCUT2D eigenvalue weighted by molar-refractivity contribution is 0.243. The second kappa shape index (κ2) is 6.90. The Morgan fingerprint density at radius 2 is 2.22 bits per heavy atom. The summed E-state index contributed by atoms with van der Waals surface area (Å²) in [6, 6.07) is 3.27. The lowest BCUT2D eigenvalue weighted by Crippen LogP contribution is -2.36. The lowest BCUT2D eigenvalue weighted by Gasteiger charge is -2.24. The molecule has 1 aliphatic rings. The number of hydrogen-bond acceptors (Lipinski definition) is 3. The molecule has 0 aliphatic heterocycles. The third-order valence-electron chi connectivity index (χ3n) is 3.95. The largest absolute Gasteiger partial charge is 0.309 e. The molecule has 1 saturated carbocycles. The summed E-state index contributed by atoms with van der Waals surface area (Å²) >= 11 is 7.57. The number of nitrogens with zero attached hydrogens (tertiary/aromatic N) is 1. The number of likely N-dealkylation sites (N-methyl/N-ethyl adjacent to an activating group) is 1. The average molecular weight is 287 g/mol. The number of rotatable bonds is 6. The van der Waals surface area contributed by atoms with E-state index in [9.17, 15) is 0 Å². The zero-order valence-corrected chi connectivity index (χ0v) is 12.9. The van der Waals surface area contributed by atoms with Gasteiger partial charge in [-0.05, 0) is 43.8 Å². The number of halogens is 1. The Kier molecular flexibility index (Phi) is 5.49. The van der Waals surface area contributed by atoms with Crippen molar-refractivity contribution in [3.63, 3.8) is 0 Å². The molecule has 102 valence electrons. The maximum Gasteiger partial charge on any atom is 0.0931 e. The van der Waals surface area contributed by atoms with E-state index in [1.54, 1.807) is 11.3 Å². The second-order valence-electron chi connectivity index (χ2n) is 5.28. The molecule has 1 aliphatic carbocycles. The first-order chi connectivity index (χ1) is 8.66. The minimum Gasteiger partial charge on any atom is -0.309 e. The summed E-state index contributed by atoms with van der Waals surface area (Å²) < 4.78 is 0.877. The number of hydrogen-bond donors (Lipinski definition) is 1. The van der Waals surface area contributed by atoms with Gasteiger partial charge in [-0.3, -0.25) is 0 Å². The highest BCUT2D eigenvalue weighted by molar-refractivity contribution is 7.14. The molecule has 0 bridgehead atoms. The Balaban J connectivity index is 1.68. The van der Waals surface area contributed by atoms with Crippen molar-refractivity contribution in [2.75, 3.05) is 20.1 Å². The number of nitrogens with one attached hydrogen (secondary N) is 1. The fraction of sp³-hybridized carbons (Fsp3) is 0.714. The maximum absolute atomic E-state index is 5.96. The van der Waals surface area contributed by atoms with Crippen LogP contribution in [0.2, 0.25) is 4.34 Å². The van der Waals surface area contributed by atoms with Crippen molar-refractivity contribution >= 4 is 22.9 Å². The topological polar surface area (TPSA) is 15.3 Å². The van der Waals surface area contributed by atoms with Crippen LogP contribution in [0, 0.1) is 0 Å². The fourth-order valence-electron chi connectivity index (χ4n) is 2.65. The van der Waals surface area contributed by atoms with Crippen LogP contribution in [-0.2, 0) is 0 Å². The first-order valence-corrected chi connectivity index (χ1v) is 8.10. The molecular formula is C14H23ClN2S. The van der Waals surface area contributed by atoms with Gasteiger partial charge in [-0.25, -0.2) is 0 Å². The van der Waals surface area contributed by atoms with E-state index in [2.05, 4.69) is 35.6 Å². The second-order valence-corrected chi connectivity index (χ2v) is 6.82. The summed E-state index contributed by atoms with van der Waals surface area (Å²) in [5.74, 6) is 0. The summed E-state index contributed by atoms with van der Waals surface area (Å²) in [5.41, 5.74) is 1.30. The first kappa shape index (κ1) is 14.3. The summed E-state index contributed by atoms with van der Waals surface area (Å²) in [6.45, 7) is 4.38. The molecule has 1 unspecified atom stereocenters. The van der Waals surface area contributed by atoms with Crippen LogP contribution in [0.5, 0.6) is 0 Å². The molecule has 1 atom stereocenters. The van der Waals surface area contributed by atoms with Gasteiger partial charge in [0.25, 0.3) is 0 Å². The SMILES string of the molecule is CC(NCCN(C)C1CCCC1)c1csc(Cl)c1. The molecule has 2 nitrogen and oxygen atoms in total. The third-order valence-corrected chi connectivity index (χ3v) is 5.06. The Morgan fingerprint density at radius 1 is 1.50 bits per heavy atom. The van der Waals surface area contributed by atoms with Crippen LogP contribution in [0.3, 0.4) is 0 Å². The summed E-state index contributed by atoms with van der Waals surface area (Å²) in [5, 5.41) is 5.71. The van der Waals surface area contributed by atoms with Crippen molar-refractivity contribution in [1.29, 1.82) is 0 Å².